The van der Waals surface area contributed by atoms with Crippen molar-refractivity contribution in [3.05, 3.63) is 59.7 Å². The molecular weight excluding hydrogens is 311 g/mol. The minimum absolute atomic E-state index is 0.271. The Morgan fingerprint density at radius 3 is 1.54 bits per heavy atom. The average Bonchev–Trinajstić information content (AvgIpc) is 2.50. The van der Waals surface area contributed by atoms with Crippen molar-refractivity contribution in [1.29, 1.82) is 0 Å². The molecule has 128 valence electrons. The molecule has 0 radical (unpaired) electrons. The third-order valence-electron chi connectivity index (χ3n) is 3.59. The summed E-state index contributed by atoms with van der Waals surface area (Å²) in [6, 6.07) is 18.4. The lowest BCUT2D eigenvalue weighted by Crippen LogP contribution is -2.34. The number of nitrogens with one attached hydrogen (secondary N) is 1. The number of aliphatic imine (C=N–C) groups is 1. The highest BCUT2D eigenvalue weighted by Crippen LogP contribution is 2.35. The first-order chi connectivity index (χ1) is 11.4. The van der Waals surface area contributed by atoms with Gasteiger partial charge in [0.2, 0.25) is 0 Å². The molecule has 1 N–H and O–H groups in total. The van der Waals surface area contributed by atoms with Crippen molar-refractivity contribution in [2.45, 2.75) is 53.6 Å². The number of rotatable bonds is 5. The summed E-state index contributed by atoms with van der Waals surface area (Å²) in [6.07, 6.45) is 0. The smallest absolute Gasteiger partial charge is 0.129 e. The summed E-state index contributed by atoms with van der Waals surface area (Å²) >= 11 is 0. The van der Waals surface area contributed by atoms with E-state index in [2.05, 4.69) is 95.4 Å². The molecule has 0 atom stereocenters. The zero-order valence-corrected chi connectivity index (χ0v) is 16.6. The van der Waals surface area contributed by atoms with Crippen molar-refractivity contribution in [1.82, 2.24) is 5.32 Å². The number of nitrogens with zero attached hydrogens (tertiary/aromatic N) is 1. The zero-order valence-electron chi connectivity index (χ0n) is 15.7. The Hall–Kier alpha value is -1.66. The summed E-state index contributed by atoms with van der Waals surface area (Å²) in [5.41, 5.74) is 3.69. The van der Waals surface area contributed by atoms with E-state index in [-0.39, 0.29) is 6.04 Å². The number of hydrogen-bond acceptors (Lipinski definition) is 1. The van der Waals surface area contributed by atoms with E-state index in [1.807, 2.05) is 0 Å². The van der Waals surface area contributed by atoms with Crippen LogP contribution in [0.2, 0.25) is 0 Å². The van der Waals surface area contributed by atoms with Gasteiger partial charge in [0.15, 0.2) is 0 Å². The molecule has 24 heavy (non-hydrogen) atoms. The largest absolute Gasteiger partial charge is 0.367 e. The molecule has 0 unspecified atom stereocenters. The summed E-state index contributed by atoms with van der Waals surface area (Å²) in [7, 11) is -0.665. The summed E-state index contributed by atoms with van der Waals surface area (Å²) in [6.45, 7) is 12.9. The molecule has 0 aliphatic carbocycles. The molecular formula is C21H29N2P. The number of amidine groups is 1. The van der Waals surface area contributed by atoms with Gasteiger partial charge in [-0.1, -0.05) is 59.7 Å². The van der Waals surface area contributed by atoms with E-state index >= 15 is 0 Å². The molecule has 0 heterocycles. The van der Waals surface area contributed by atoms with Crippen molar-refractivity contribution in [3.8, 4) is 0 Å². The molecule has 0 saturated heterocycles. The van der Waals surface area contributed by atoms with E-state index in [9.17, 15) is 0 Å². The lowest BCUT2D eigenvalue weighted by molar-refractivity contribution is 0.727. The van der Waals surface area contributed by atoms with Crippen LogP contribution in [-0.2, 0) is 0 Å². The van der Waals surface area contributed by atoms with Gasteiger partial charge in [-0.2, -0.15) is 0 Å². The molecule has 0 saturated carbocycles. The molecule has 3 heteroatoms. The van der Waals surface area contributed by atoms with Crippen LogP contribution in [-0.4, -0.2) is 17.7 Å². The van der Waals surface area contributed by atoms with Gasteiger partial charge in [-0.3, -0.25) is 4.99 Å². The Kier molecular flexibility index (Phi) is 6.57. The van der Waals surface area contributed by atoms with Crippen LogP contribution < -0.4 is 15.9 Å². The number of aryl methyl sites for hydroxylation is 2. The van der Waals surface area contributed by atoms with E-state index in [0.717, 1.165) is 5.58 Å². The highest BCUT2D eigenvalue weighted by atomic mass is 31.1. The van der Waals surface area contributed by atoms with Crippen molar-refractivity contribution in [2.24, 2.45) is 4.99 Å². The quantitative estimate of drug-likeness (QED) is 0.484. The van der Waals surface area contributed by atoms with Crippen molar-refractivity contribution >= 4 is 24.1 Å². The van der Waals surface area contributed by atoms with Gasteiger partial charge in [0.25, 0.3) is 0 Å². The second-order valence-corrected chi connectivity index (χ2v) is 8.98. The first kappa shape index (κ1) is 18.7. The maximum atomic E-state index is 4.95. The van der Waals surface area contributed by atoms with Gasteiger partial charge in [-0.05, 0) is 52.2 Å². The summed E-state index contributed by atoms with van der Waals surface area (Å²) in [4.78, 5) is 4.95. The lowest BCUT2D eigenvalue weighted by Gasteiger charge is -2.25. The molecule has 2 aromatic carbocycles. The average molecular weight is 340 g/mol. The van der Waals surface area contributed by atoms with Crippen molar-refractivity contribution in [2.75, 3.05) is 0 Å². The molecule has 0 aromatic heterocycles. The number of hydrogen-bond donors (Lipinski definition) is 1. The molecule has 0 fully saturated rings. The van der Waals surface area contributed by atoms with Crippen LogP contribution in [0.4, 0.5) is 0 Å². The van der Waals surface area contributed by atoms with E-state index in [0.29, 0.717) is 6.04 Å². The second kappa shape index (κ2) is 8.44. The van der Waals surface area contributed by atoms with Gasteiger partial charge in [-0.15, -0.1) is 0 Å². The minimum atomic E-state index is -0.665. The van der Waals surface area contributed by atoms with Gasteiger partial charge in [0, 0.05) is 20.0 Å². The third kappa shape index (κ3) is 5.18. The van der Waals surface area contributed by atoms with Crippen molar-refractivity contribution in [3.63, 3.8) is 0 Å². The Bertz CT molecular complexity index is 624. The highest BCUT2D eigenvalue weighted by Gasteiger charge is 2.21. The zero-order chi connectivity index (χ0) is 17.7. The number of benzene rings is 2. The summed E-state index contributed by atoms with van der Waals surface area (Å²) in [5.74, 6) is 0. The molecule has 2 nitrogen and oxygen atoms in total. The molecule has 0 bridgehead atoms. The maximum Gasteiger partial charge on any atom is 0.129 e. The van der Waals surface area contributed by atoms with Crippen LogP contribution in [0.25, 0.3) is 0 Å². The van der Waals surface area contributed by atoms with Crippen molar-refractivity contribution < 1.29 is 0 Å². The van der Waals surface area contributed by atoms with E-state index in [1.54, 1.807) is 0 Å². The molecule has 0 aliphatic heterocycles. The van der Waals surface area contributed by atoms with Crippen LogP contribution in [0.15, 0.2) is 53.5 Å². The van der Waals surface area contributed by atoms with Crippen LogP contribution in [0.1, 0.15) is 38.8 Å². The fourth-order valence-corrected chi connectivity index (χ4v) is 4.86. The molecule has 0 amide bonds. The second-order valence-electron chi connectivity index (χ2n) is 6.85. The van der Waals surface area contributed by atoms with Crippen LogP contribution in [0, 0.1) is 13.8 Å². The fourth-order valence-electron chi connectivity index (χ4n) is 2.44. The first-order valence-electron chi connectivity index (χ1n) is 8.64. The lowest BCUT2D eigenvalue weighted by atomic mass is 10.2. The van der Waals surface area contributed by atoms with Gasteiger partial charge in [0.1, 0.15) is 5.58 Å². The molecule has 2 aromatic rings. The fraction of sp³-hybridized carbons (Fsp3) is 0.381. The topological polar surface area (TPSA) is 24.4 Å². The molecule has 0 aliphatic rings. The Labute approximate surface area is 148 Å². The molecule has 0 spiro atoms. The summed E-state index contributed by atoms with van der Waals surface area (Å²) in [5, 5.41) is 6.30. The standard InChI is InChI=1S/C21H29N2P/c1-15(2)22-21(23-16(3)4)24(19-11-7-17(5)8-12-19)20-13-9-18(6)10-14-20/h7-16H,1-6H3,(H,22,23). The van der Waals surface area contributed by atoms with E-state index in [1.165, 1.54) is 21.7 Å². The predicted octanol–water partition coefficient (Wildman–Crippen LogP) is 4.50. The molecule has 2 rings (SSSR count). The monoisotopic (exact) mass is 340 g/mol. The third-order valence-corrected chi connectivity index (χ3v) is 5.89. The summed E-state index contributed by atoms with van der Waals surface area (Å²) < 4.78 is 0. The van der Waals surface area contributed by atoms with Crippen LogP contribution in [0.5, 0.6) is 0 Å². The van der Waals surface area contributed by atoms with Gasteiger partial charge < -0.3 is 5.32 Å². The Morgan fingerprint density at radius 2 is 1.21 bits per heavy atom. The van der Waals surface area contributed by atoms with Gasteiger partial charge >= 0.3 is 0 Å². The van der Waals surface area contributed by atoms with Crippen LogP contribution >= 0.6 is 7.92 Å². The van der Waals surface area contributed by atoms with Gasteiger partial charge in [-0.25, -0.2) is 0 Å². The Balaban J connectivity index is 2.55. The van der Waals surface area contributed by atoms with Gasteiger partial charge in [0.05, 0.1) is 0 Å². The van der Waals surface area contributed by atoms with Crippen LogP contribution in [0.3, 0.4) is 0 Å². The highest BCUT2D eigenvalue weighted by molar-refractivity contribution is 7.88. The minimum Gasteiger partial charge on any atom is -0.367 e. The van der Waals surface area contributed by atoms with E-state index < -0.39 is 7.92 Å². The SMILES string of the molecule is Cc1ccc(P(C(=NC(C)C)NC(C)C)c2ccc(C)cc2)cc1. The van der Waals surface area contributed by atoms with E-state index in [4.69, 9.17) is 4.99 Å². The first-order valence-corrected chi connectivity index (χ1v) is 9.99. The normalized spacial score (nSPS) is 12.3. The Morgan fingerprint density at radius 1 is 0.792 bits per heavy atom. The predicted molar refractivity (Wildman–Crippen MR) is 109 cm³/mol. The maximum absolute atomic E-state index is 4.95.